The van der Waals surface area contributed by atoms with Crippen molar-refractivity contribution >= 4 is 23.5 Å². The van der Waals surface area contributed by atoms with Crippen molar-refractivity contribution in [2.45, 2.75) is 6.92 Å². The summed E-state index contributed by atoms with van der Waals surface area (Å²) in [6.07, 6.45) is 0. The van der Waals surface area contributed by atoms with Gasteiger partial charge in [0.1, 0.15) is 11.3 Å². The molecule has 0 saturated heterocycles. The molecule has 2 rings (SSSR count). The Morgan fingerprint density at radius 1 is 1.18 bits per heavy atom. The maximum atomic E-state index is 11.7. The maximum Gasteiger partial charge on any atom is 0.374 e. The lowest BCUT2D eigenvalue weighted by atomic mass is 10.2. The minimum atomic E-state index is -0.602. The van der Waals surface area contributed by atoms with Gasteiger partial charge < -0.3 is 18.6 Å². The van der Waals surface area contributed by atoms with E-state index in [4.69, 9.17) is 25.5 Å². The number of carbonyl (C=O) groups excluding carboxylic acids is 2. The molecule has 0 bridgehead atoms. The predicted octanol–water partition coefficient (Wildman–Crippen LogP) is 3.69. The summed E-state index contributed by atoms with van der Waals surface area (Å²) < 4.78 is 20.2. The first kappa shape index (κ1) is 15.9. The lowest BCUT2D eigenvalue weighted by Gasteiger charge is -2.08. The van der Waals surface area contributed by atoms with Gasteiger partial charge in [0.2, 0.25) is 5.76 Å². The molecule has 0 aliphatic carbocycles. The van der Waals surface area contributed by atoms with Gasteiger partial charge in [-0.2, -0.15) is 0 Å². The summed E-state index contributed by atoms with van der Waals surface area (Å²) in [5.74, 6) is -0.960. The summed E-state index contributed by atoms with van der Waals surface area (Å²) in [7, 11) is 1.25. The standard InChI is InChI=1S/C15H13ClO6/c1-3-20-15(18)12-6-7-13(22-12)21-11-5-4-9(16)8-10(11)14(17)19-2/h4-8H,3H2,1-2H3. The first-order chi connectivity index (χ1) is 10.5. The maximum absolute atomic E-state index is 11.7. The fourth-order valence-electron chi connectivity index (χ4n) is 1.66. The molecule has 0 aliphatic heterocycles. The van der Waals surface area contributed by atoms with Crippen LogP contribution in [0.2, 0.25) is 5.02 Å². The van der Waals surface area contributed by atoms with Crippen LogP contribution in [-0.2, 0) is 9.47 Å². The zero-order valence-corrected chi connectivity index (χ0v) is 12.7. The average molecular weight is 325 g/mol. The molecule has 6 nitrogen and oxygen atoms in total. The Labute approximate surface area is 131 Å². The Kier molecular flexibility index (Phi) is 5.06. The van der Waals surface area contributed by atoms with Gasteiger partial charge in [0.25, 0.3) is 5.95 Å². The van der Waals surface area contributed by atoms with E-state index in [1.165, 1.54) is 31.4 Å². The second-order valence-electron chi connectivity index (χ2n) is 4.07. The molecule has 0 spiro atoms. The number of rotatable bonds is 5. The molecule has 0 fully saturated rings. The van der Waals surface area contributed by atoms with Gasteiger partial charge >= 0.3 is 11.9 Å². The van der Waals surface area contributed by atoms with Crippen molar-refractivity contribution < 1.29 is 28.2 Å². The van der Waals surface area contributed by atoms with Gasteiger partial charge in [-0.15, -0.1) is 0 Å². The number of carbonyl (C=O) groups is 2. The Morgan fingerprint density at radius 3 is 2.64 bits per heavy atom. The first-order valence-electron chi connectivity index (χ1n) is 6.37. The lowest BCUT2D eigenvalue weighted by molar-refractivity contribution is 0.0483. The highest BCUT2D eigenvalue weighted by Crippen LogP contribution is 2.29. The molecule has 7 heteroatoms. The molecule has 2 aromatic rings. The molecule has 1 aromatic carbocycles. The zero-order valence-electron chi connectivity index (χ0n) is 11.9. The number of hydrogen-bond donors (Lipinski definition) is 0. The van der Waals surface area contributed by atoms with Crippen LogP contribution in [-0.4, -0.2) is 25.7 Å². The van der Waals surface area contributed by atoms with Crippen molar-refractivity contribution in [1.82, 2.24) is 0 Å². The van der Waals surface area contributed by atoms with Crippen molar-refractivity contribution in [2.75, 3.05) is 13.7 Å². The molecule has 22 heavy (non-hydrogen) atoms. The Morgan fingerprint density at radius 2 is 1.95 bits per heavy atom. The first-order valence-corrected chi connectivity index (χ1v) is 6.75. The Bertz CT molecular complexity index is 691. The monoisotopic (exact) mass is 324 g/mol. The van der Waals surface area contributed by atoms with Crippen molar-refractivity contribution in [3.63, 3.8) is 0 Å². The highest BCUT2D eigenvalue weighted by Gasteiger charge is 2.17. The van der Waals surface area contributed by atoms with Crippen molar-refractivity contribution in [3.8, 4) is 11.7 Å². The van der Waals surface area contributed by atoms with Gasteiger partial charge in [-0.1, -0.05) is 11.6 Å². The molecule has 0 saturated carbocycles. The summed E-state index contributed by atoms with van der Waals surface area (Å²) in [6, 6.07) is 7.33. The van der Waals surface area contributed by atoms with Gasteiger partial charge in [-0.05, 0) is 31.2 Å². The number of furan rings is 1. The minimum absolute atomic E-state index is 0.00503. The molecule has 1 heterocycles. The van der Waals surface area contributed by atoms with Gasteiger partial charge in [0.15, 0.2) is 0 Å². The summed E-state index contributed by atoms with van der Waals surface area (Å²) >= 11 is 5.85. The molecular weight excluding hydrogens is 312 g/mol. The van der Waals surface area contributed by atoms with Crippen LogP contribution in [0.15, 0.2) is 34.7 Å². The number of methoxy groups -OCH3 is 1. The van der Waals surface area contributed by atoms with Gasteiger partial charge in [-0.25, -0.2) is 9.59 Å². The SMILES string of the molecule is CCOC(=O)c1ccc(Oc2ccc(Cl)cc2C(=O)OC)o1. The fourth-order valence-corrected chi connectivity index (χ4v) is 1.83. The van der Waals surface area contributed by atoms with Gasteiger partial charge in [-0.3, -0.25) is 0 Å². The van der Waals surface area contributed by atoms with Crippen LogP contribution >= 0.6 is 11.6 Å². The van der Waals surface area contributed by atoms with Crippen molar-refractivity contribution in [3.05, 3.63) is 46.7 Å². The molecule has 0 atom stereocenters. The molecule has 0 aliphatic rings. The average Bonchev–Trinajstić information content (AvgIpc) is 2.97. The largest absolute Gasteiger partial charge is 0.465 e. The summed E-state index contributed by atoms with van der Waals surface area (Å²) in [4.78, 5) is 23.2. The van der Waals surface area contributed by atoms with Crippen molar-refractivity contribution in [1.29, 1.82) is 0 Å². The van der Waals surface area contributed by atoms with Crippen LogP contribution in [0.1, 0.15) is 27.8 Å². The number of hydrogen-bond acceptors (Lipinski definition) is 6. The van der Waals surface area contributed by atoms with E-state index in [0.717, 1.165) is 0 Å². The Hall–Kier alpha value is -2.47. The predicted molar refractivity (Wildman–Crippen MR) is 77.5 cm³/mol. The molecule has 0 radical (unpaired) electrons. The quantitative estimate of drug-likeness (QED) is 0.781. The summed E-state index contributed by atoms with van der Waals surface area (Å²) in [6.45, 7) is 1.92. The third kappa shape index (κ3) is 3.59. The third-order valence-electron chi connectivity index (χ3n) is 2.62. The molecule has 1 aromatic heterocycles. The van der Waals surface area contributed by atoms with Crippen LogP contribution < -0.4 is 4.74 Å². The van der Waals surface area contributed by atoms with E-state index < -0.39 is 11.9 Å². The molecular formula is C15H13ClO6. The van der Waals surface area contributed by atoms with Gasteiger partial charge in [0.05, 0.1) is 13.7 Å². The van der Waals surface area contributed by atoms with E-state index in [-0.39, 0.29) is 29.6 Å². The highest BCUT2D eigenvalue weighted by molar-refractivity contribution is 6.31. The normalized spacial score (nSPS) is 10.1. The second kappa shape index (κ2) is 7.00. The Balaban J connectivity index is 2.24. The molecule has 0 N–H and O–H groups in total. The number of benzene rings is 1. The topological polar surface area (TPSA) is 75.0 Å². The third-order valence-corrected chi connectivity index (χ3v) is 2.85. The van der Waals surface area contributed by atoms with E-state index in [0.29, 0.717) is 5.02 Å². The van der Waals surface area contributed by atoms with E-state index in [9.17, 15) is 9.59 Å². The highest BCUT2D eigenvalue weighted by atomic mass is 35.5. The van der Waals surface area contributed by atoms with E-state index in [2.05, 4.69) is 4.74 Å². The number of esters is 2. The lowest BCUT2D eigenvalue weighted by Crippen LogP contribution is -2.04. The van der Waals surface area contributed by atoms with Crippen LogP contribution in [0.5, 0.6) is 11.7 Å². The van der Waals surface area contributed by atoms with Crippen LogP contribution in [0.3, 0.4) is 0 Å². The van der Waals surface area contributed by atoms with Gasteiger partial charge in [0, 0.05) is 11.1 Å². The number of ether oxygens (including phenoxy) is 3. The smallest absolute Gasteiger partial charge is 0.374 e. The number of halogens is 1. The fraction of sp³-hybridized carbons (Fsp3) is 0.200. The molecule has 0 unspecified atom stereocenters. The second-order valence-corrected chi connectivity index (χ2v) is 4.51. The van der Waals surface area contributed by atoms with Crippen LogP contribution in [0.4, 0.5) is 0 Å². The molecule has 0 amide bonds. The minimum Gasteiger partial charge on any atom is -0.465 e. The van der Waals surface area contributed by atoms with E-state index in [1.807, 2.05) is 0 Å². The van der Waals surface area contributed by atoms with Crippen molar-refractivity contribution in [2.24, 2.45) is 0 Å². The summed E-state index contributed by atoms with van der Waals surface area (Å²) in [5.41, 5.74) is 0.143. The zero-order chi connectivity index (χ0) is 16.1. The molecule has 116 valence electrons. The van der Waals surface area contributed by atoms with E-state index in [1.54, 1.807) is 13.0 Å². The van der Waals surface area contributed by atoms with Crippen LogP contribution in [0.25, 0.3) is 0 Å². The summed E-state index contributed by atoms with van der Waals surface area (Å²) in [5, 5.41) is 0.361. The van der Waals surface area contributed by atoms with E-state index >= 15 is 0 Å². The van der Waals surface area contributed by atoms with Crippen LogP contribution in [0, 0.1) is 0 Å².